The van der Waals surface area contributed by atoms with E-state index in [1.165, 1.54) is 36.0 Å². The first-order chi connectivity index (χ1) is 55.1. The number of ether oxygens (including phenoxy) is 1. The maximum Gasteiger partial charge on any atom is 0.407 e. The average molecular weight is 1650 g/mol. The molecule has 652 valence electrons. The summed E-state index contributed by atoms with van der Waals surface area (Å²) in [6.45, 7) is 13.3. The van der Waals surface area contributed by atoms with Gasteiger partial charge >= 0.3 is 6.09 Å². The number of phenolic OH excluding ortho intramolecular Hbond substituents is 1. The molecule has 5 rings (SSSR count). The van der Waals surface area contributed by atoms with Crippen molar-refractivity contribution in [3.8, 4) is 5.75 Å². The van der Waals surface area contributed by atoms with Gasteiger partial charge in [0.1, 0.15) is 60.1 Å². The summed E-state index contributed by atoms with van der Waals surface area (Å²) in [5.74, 6) is -12.1. The molecule has 34 heteroatoms. The van der Waals surface area contributed by atoms with Crippen LogP contribution in [0.25, 0.3) is 0 Å². The van der Waals surface area contributed by atoms with Crippen LogP contribution in [0.15, 0.2) is 54.6 Å². The number of aromatic hydroxyl groups is 1. The Morgan fingerprint density at radius 2 is 1.29 bits per heavy atom. The second-order valence-electron chi connectivity index (χ2n) is 32.4. The first kappa shape index (κ1) is 98.6. The van der Waals surface area contributed by atoms with Gasteiger partial charge < -0.3 is 104 Å². The quantitative estimate of drug-likeness (QED) is 0.0416. The lowest BCUT2D eigenvalue weighted by molar-refractivity contribution is -0.149. The number of aliphatic hydroxyl groups excluding tert-OH is 7. The predicted octanol–water partition coefficient (Wildman–Crippen LogP) is 1.30. The van der Waals surface area contributed by atoms with Crippen molar-refractivity contribution in [2.45, 2.75) is 275 Å². The highest BCUT2D eigenvalue weighted by atomic mass is 32.2. The normalized spacial score (nSPS) is 23.7. The number of benzene rings is 2. The van der Waals surface area contributed by atoms with E-state index in [-0.39, 0.29) is 101 Å². The summed E-state index contributed by atoms with van der Waals surface area (Å²) in [7, 11) is 0. The number of phenols is 1. The van der Waals surface area contributed by atoms with Crippen molar-refractivity contribution in [2.24, 2.45) is 41.2 Å². The van der Waals surface area contributed by atoms with E-state index < -0.39 is 213 Å². The molecular formula is C82H132N12O21S. The smallest absolute Gasteiger partial charge is 0.407 e. The molecule has 3 saturated heterocycles. The highest BCUT2D eigenvalue weighted by Crippen LogP contribution is 2.32. The van der Waals surface area contributed by atoms with Gasteiger partial charge in [-0.2, -0.15) is 11.8 Å². The van der Waals surface area contributed by atoms with Crippen molar-refractivity contribution >= 4 is 82.6 Å². The molecule has 2 aromatic rings. The number of thioether (sulfide) groups is 1. The number of ketones is 2. The zero-order chi connectivity index (χ0) is 85.9. The van der Waals surface area contributed by atoms with E-state index in [4.69, 9.17) is 10.5 Å². The molecule has 2 aromatic carbocycles. The van der Waals surface area contributed by atoms with Crippen LogP contribution in [-0.2, 0) is 63.9 Å². The molecule has 0 spiro atoms. The van der Waals surface area contributed by atoms with Gasteiger partial charge in [0.05, 0.1) is 55.2 Å². The zero-order valence-electron chi connectivity index (χ0n) is 68.9. The van der Waals surface area contributed by atoms with Gasteiger partial charge in [0.15, 0.2) is 5.78 Å². The first-order valence-corrected chi connectivity index (χ1v) is 42.6. The maximum atomic E-state index is 15.1. The largest absolute Gasteiger partial charge is 0.508 e. The number of carbonyl (C=O) groups excluding carboxylic acids is 12. The van der Waals surface area contributed by atoms with Gasteiger partial charge in [-0.1, -0.05) is 136 Å². The molecular weight excluding hydrogens is 1520 g/mol. The van der Waals surface area contributed by atoms with E-state index in [1.807, 2.05) is 34.0 Å². The van der Waals surface area contributed by atoms with Crippen LogP contribution in [0.5, 0.6) is 5.75 Å². The van der Waals surface area contributed by atoms with Gasteiger partial charge in [-0.05, 0) is 117 Å². The molecule has 3 heterocycles. The lowest BCUT2D eigenvalue weighted by Crippen LogP contribution is -2.63. The zero-order valence-corrected chi connectivity index (χ0v) is 69.7. The van der Waals surface area contributed by atoms with Crippen molar-refractivity contribution in [3.05, 3.63) is 65.7 Å². The van der Waals surface area contributed by atoms with Gasteiger partial charge in [0.25, 0.3) is 0 Å². The summed E-state index contributed by atoms with van der Waals surface area (Å²) in [5.41, 5.74) is 6.48. The van der Waals surface area contributed by atoms with Crippen molar-refractivity contribution in [3.63, 3.8) is 0 Å². The van der Waals surface area contributed by atoms with Gasteiger partial charge in [0.2, 0.25) is 53.2 Å². The highest BCUT2D eigenvalue weighted by Gasteiger charge is 2.49. The molecule has 0 bridgehead atoms. The molecule has 33 nitrogen and oxygen atoms in total. The Bertz CT molecular complexity index is 3460. The third-order valence-corrected chi connectivity index (χ3v) is 22.1. The second-order valence-corrected chi connectivity index (χ2v) is 33.4. The minimum atomic E-state index is -2.24. The Balaban J connectivity index is 1.45. The number of hydrogen-bond acceptors (Lipinski definition) is 24. The van der Waals surface area contributed by atoms with Crippen LogP contribution in [0.2, 0.25) is 0 Å². The summed E-state index contributed by atoms with van der Waals surface area (Å²) in [4.78, 5) is 174. The van der Waals surface area contributed by atoms with E-state index in [1.54, 1.807) is 30.3 Å². The Labute approximate surface area is 685 Å². The molecule has 3 aliphatic rings. The Hall–Kier alpha value is -7.93. The molecule has 3 aliphatic heterocycles. The third-order valence-electron chi connectivity index (χ3n) is 21.5. The van der Waals surface area contributed by atoms with Gasteiger partial charge in [-0.25, -0.2) is 4.79 Å². The molecule has 10 amide bonds. The number of unbranched alkanes of at least 4 members (excludes halogenated alkanes) is 5. The fourth-order valence-corrected chi connectivity index (χ4v) is 15.2. The van der Waals surface area contributed by atoms with Crippen molar-refractivity contribution in [1.82, 2.24) is 57.7 Å². The van der Waals surface area contributed by atoms with Crippen LogP contribution in [0.4, 0.5) is 4.79 Å². The minimum absolute atomic E-state index is 0.00518. The van der Waals surface area contributed by atoms with Crippen LogP contribution in [0, 0.1) is 35.5 Å². The van der Waals surface area contributed by atoms with Crippen LogP contribution in [0.1, 0.15) is 195 Å². The predicted molar refractivity (Wildman–Crippen MR) is 434 cm³/mol. The Morgan fingerprint density at radius 1 is 0.647 bits per heavy atom. The highest BCUT2D eigenvalue weighted by molar-refractivity contribution is 7.98. The third kappa shape index (κ3) is 32.8. The monoisotopic (exact) mass is 1650 g/mol. The summed E-state index contributed by atoms with van der Waals surface area (Å²) >= 11 is 1.45. The van der Waals surface area contributed by atoms with E-state index in [0.717, 1.165) is 61.7 Å². The summed E-state index contributed by atoms with van der Waals surface area (Å²) < 4.78 is 5.28. The maximum absolute atomic E-state index is 15.1. The summed E-state index contributed by atoms with van der Waals surface area (Å²) in [6, 6.07) is 2.63. The van der Waals surface area contributed by atoms with Crippen LogP contribution < -0.4 is 53.6 Å². The summed E-state index contributed by atoms with van der Waals surface area (Å²) in [6.07, 6.45) is -8.52. The number of hydrogen-bond donors (Lipinski definition) is 18. The molecule has 3 fully saturated rings. The minimum Gasteiger partial charge on any atom is -0.508 e. The van der Waals surface area contributed by atoms with Gasteiger partial charge in [-0.3, -0.25) is 58.1 Å². The van der Waals surface area contributed by atoms with Crippen molar-refractivity contribution in [2.75, 3.05) is 57.9 Å². The van der Waals surface area contributed by atoms with E-state index >= 15 is 4.79 Å². The number of amides is 10. The fourth-order valence-electron chi connectivity index (χ4n) is 14.7. The molecule has 116 heavy (non-hydrogen) atoms. The first-order valence-electron chi connectivity index (χ1n) is 41.2. The van der Waals surface area contributed by atoms with Crippen molar-refractivity contribution < 1.29 is 103 Å². The van der Waals surface area contributed by atoms with Gasteiger partial charge in [0, 0.05) is 77.2 Å². The topological polar surface area (TPSA) is 517 Å². The lowest BCUT2D eigenvalue weighted by atomic mass is 9.86. The Morgan fingerprint density at radius 3 is 1.94 bits per heavy atom. The number of fused-ring (bicyclic) bond motifs is 2. The number of Topliss-reactive ketones (excluding diaryl/α,β-unsaturated/α-hetero) is 2. The Kier molecular flexibility index (Phi) is 43.2. The number of nitrogens with one attached hydrogen (secondary N) is 9. The molecule has 0 radical (unpaired) electrons. The van der Waals surface area contributed by atoms with Crippen molar-refractivity contribution in [1.29, 1.82) is 0 Å². The standard InChI is InChI=1S/C82H132N12O21S/c1-10-49(6)39-50(7)20-16-13-11-12-14-19-23-56(97)41-54-42-66(102)73(85-35-34-84-67(103)29-33-86-76(108)61(40-52-21-17-15-18-22-52)88-78(110)60(38-47(2)3)87-77(109)59(31-37-116-9)89-82(114)115-46-48(4)5)92-79(111)70-64(100)30-36-93(70)81(113)69(63(99)28-32-83)91-75(107)58(72(105)71(104)53-24-26-55(96)27-25-53)44-65(101)62-43-57(98)45-94(62)80(112)68(51(8)95)90-74(54)106/h15,17-18,21-22,24-27,47-51,54,57-64,66,68-73,85,95-96,98-100,102,104-105H,10-14,16,19-20,23,28-46,83H2,1-9H3,(H,84,103)(H,86,108)(H,87,109)(H,88,110)(H,89,114)(H,90,106)(H,91,107)(H,92,111)/t49-,50+,51+,54-,57+,58-,59-,60-,61-,62-,63+,64-,66+,68-,69-,70-,71-,72-,73-/m0/s1. The lowest BCUT2D eigenvalue weighted by Gasteiger charge is -2.34. The number of carbonyl (C=O) groups is 12. The number of alkyl carbamates (subject to hydrolysis) is 1. The molecule has 0 saturated carbocycles. The van der Waals surface area contributed by atoms with Crippen LogP contribution in [-0.4, -0.2) is 264 Å². The molecule has 19 atom stereocenters. The van der Waals surface area contributed by atoms with Crippen LogP contribution >= 0.6 is 11.8 Å². The number of rotatable bonds is 43. The van der Waals surface area contributed by atoms with Gasteiger partial charge in [-0.15, -0.1) is 0 Å². The SMILES string of the molecule is CC[C@H](C)C[C@H](C)CCCCCCCCC(=O)C[C@H]1C[C@@H](O)[C@@H](NCCNC(=O)CCNC(=O)[C@H](Cc2ccccc2)NC(=O)[C@H](CC(C)C)NC(=O)[C@H](CCSC)NC(=O)OCC(C)C)NC(=O)[C@@H]2[C@@H](O)CCN2C(=O)[C@H]([C@H](O)CCN)NC(=O)[C@H]([C@H](O)[C@@H](O)c2ccc(O)cc2)CC(=O)[C@@H]2C[C@@H](O)CN2C(=O)[C@H]([C@@H](C)O)NC1=O. The fraction of sp³-hybridized carbons (Fsp3) is 0.707. The molecule has 0 aromatic heterocycles. The van der Waals surface area contributed by atoms with Crippen LogP contribution in [0.3, 0.4) is 0 Å². The number of aliphatic hydroxyl groups is 7. The van der Waals surface area contributed by atoms with E-state index in [2.05, 4.69) is 68.6 Å². The molecule has 0 aliphatic carbocycles. The van der Waals surface area contributed by atoms with E-state index in [9.17, 15) is 93.6 Å². The number of nitrogens with two attached hydrogens (primary N) is 1. The van der Waals surface area contributed by atoms with E-state index in [0.29, 0.717) is 36.0 Å². The second kappa shape index (κ2) is 50.7. The molecule has 19 N–H and O–H groups in total. The molecule has 0 unspecified atom stereocenters. The number of nitrogens with zero attached hydrogens (tertiary/aromatic N) is 2. The summed E-state index contributed by atoms with van der Waals surface area (Å²) in [5, 5.41) is 116. The average Bonchev–Trinajstić information content (AvgIpc) is 1.59.